The zero-order valence-electron chi connectivity index (χ0n) is 14.9. The van der Waals surface area contributed by atoms with Crippen LogP contribution in [-0.2, 0) is 10.2 Å². The maximum atomic E-state index is 12.5. The molecule has 24 heavy (non-hydrogen) atoms. The van der Waals surface area contributed by atoms with Crippen molar-refractivity contribution in [3.63, 3.8) is 0 Å². The molecule has 0 aliphatic heterocycles. The summed E-state index contributed by atoms with van der Waals surface area (Å²) < 4.78 is 0. The molecular weight excluding hydrogens is 332 g/mol. The van der Waals surface area contributed by atoms with Crippen molar-refractivity contribution in [1.82, 2.24) is 0 Å². The number of thioether (sulfide) groups is 2. The number of hydrogen-bond donors (Lipinski definition) is 0. The lowest BCUT2D eigenvalue weighted by Crippen LogP contribution is -2.12. The van der Waals surface area contributed by atoms with Gasteiger partial charge in [0.2, 0.25) is 0 Å². The summed E-state index contributed by atoms with van der Waals surface area (Å²) in [6.45, 7) is 8.70. The normalized spacial score (nSPS) is 12.8. The first-order valence-corrected chi connectivity index (χ1v) is 10.3. The molecule has 1 atom stereocenters. The van der Waals surface area contributed by atoms with E-state index in [1.54, 1.807) is 11.8 Å². The zero-order valence-corrected chi connectivity index (χ0v) is 16.5. The Hall–Kier alpha value is -1.19. The van der Waals surface area contributed by atoms with Crippen molar-refractivity contribution >= 4 is 28.6 Å². The maximum Gasteiger partial charge on any atom is 0.197 e. The number of benzene rings is 2. The van der Waals surface area contributed by atoms with Gasteiger partial charge in [-0.25, -0.2) is 0 Å². The largest absolute Gasteiger partial charge is 0.286 e. The van der Waals surface area contributed by atoms with Crippen LogP contribution < -0.4 is 0 Å². The average molecular weight is 359 g/mol. The molecule has 2 aromatic carbocycles. The van der Waals surface area contributed by atoms with Gasteiger partial charge < -0.3 is 0 Å². The van der Waals surface area contributed by atoms with E-state index in [2.05, 4.69) is 57.2 Å². The van der Waals surface area contributed by atoms with E-state index in [0.717, 1.165) is 17.1 Å². The third-order valence-electron chi connectivity index (χ3n) is 3.91. The fraction of sp³-hybridized carbons (Fsp3) is 0.381. The standard InChI is InChI=1S/C21H26OS2/c1-5-23-20(22)19(16-9-7-6-8-10-16)15-24-18-13-11-17(12-14-18)21(2,3)4/h6-14,19H,5,15H2,1-4H3/t19-/m1/s1. The van der Waals surface area contributed by atoms with Crippen molar-refractivity contribution < 1.29 is 4.79 Å². The van der Waals surface area contributed by atoms with Gasteiger partial charge in [-0.05, 0) is 34.4 Å². The van der Waals surface area contributed by atoms with Gasteiger partial charge in [-0.15, -0.1) is 11.8 Å². The Kier molecular flexibility index (Phi) is 7.00. The molecule has 0 spiro atoms. The van der Waals surface area contributed by atoms with Crippen molar-refractivity contribution in [2.75, 3.05) is 11.5 Å². The van der Waals surface area contributed by atoms with Crippen molar-refractivity contribution in [1.29, 1.82) is 0 Å². The van der Waals surface area contributed by atoms with Crippen molar-refractivity contribution in [3.05, 3.63) is 65.7 Å². The molecule has 0 unspecified atom stereocenters. The molecule has 0 aliphatic carbocycles. The van der Waals surface area contributed by atoms with Gasteiger partial charge in [0.1, 0.15) is 0 Å². The van der Waals surface area contributed by atoms with Crippen molar-refractivity contribution in [2.24, 2.45) is 0 Å². The van der Waals surface area contributed by atoms with Crippen LogP contribution in [0.5, 0.6) is 0 Å². The Labute approximate surface area is 154 Å². The first kappa shape index (κ1) is 19.1. The third-order valence-corrected chi connectivity index (χ3v) is 5.87. The number of hydrogen-bond acceptors (Lipinski definition) is 3. The fourth-order valence-corrected chi connectivity index (χ4v) is 4.30. The summed E-state index contributed by atoms with van der Waals surface area (Å²) in [5.41, 5.74) is 2.62. The second-order valence-electron chi connectivity index (χ2n) is 6.80. The summed E-state index contributed by atoms with van der Waals surface area (Å²) in [5.74, 6) is 1.56. The molecule has 0 heterocycles. The highest BCUT2D eigenvalue weighted by Gasteiger charge is 2.21. The van der Waals surface area contributed by atoms with Crippen LogP contribution >= 0.6 is 23.5 Å². The average Bonchev–Trinajstić information content (AvgIpc) is 2.56. The smallest absolute Gasteiger partial charge is 0.197 e. The van der Waals surface area contributed by atoms with Crippen LogP contribution in [0.2, 0.25) is 0 Å². The van der Waals surface area contributed by atoms with Gasteiger partial charge in [-0.3, -0.25) is 4.79 Å². The Morgan fingerprint density at radius 1 is 1.00 bits per heavy atom. The second-order valence-corrected chi connectivity index (χ2v) is 9.16. The van der Waals surface area contributed by atoms with Gasteiger partial charge in [0, 0.05) is 10.6 Å². The molecule has 2 rings (SSSR count). The summed E-state index contributed by atoms with van der Waals surface area (Å²) in [4.78, 5) is 13.7. The van der Waals surface area contributed by atoms with Crippen molar-refractivity contribution in [3.8, 4) is 0 Å². The molecule has 0 radical (unpaired) electrons. The van der Waals surface area contributed by atoms with Gasteiger partial charge in [-0.2, -0.15) is 0 Å². The van der Waals surface area contributed by atoms with E-state index < -0.39 is 0 Å². The Balaban J connectivity index is 2.09. The Bertz CT molecular complexity index is 642. The third kappa shape index (κ3) is 5.42. The zero-order chi connectivity index (χ0) is 17.6. The molecule has 0 N–H and O–H groups in total. The molecule has 0 amide bonds. The lowest BCUT2D eigenvalue weighted by atomic mass is 9.87. The minimum Gasteiger partial charge on any atom is -0.286 e. The van der Waals surface area contributed by atoms with E-state index in [1.807, 2.05) is 25.1 Å². The van der Waals surface area contributed by atoms with Gasteiger partial charge in [0.15, 0.2) is 5.12 Å². The molecule has 0 saturated heterocycles. The van der Waals surface area contributed by atoms with Crippen LogP contribution in [0.25, 0.3) is 0 Å². The topological polar surface area (TPSA) is 17.1 Å². The summed E-state index contributed by atoms with van der Waals surface area (Å²) in [7, 11) is 0. The first-order chi connectivity index (χ1) is 11.4. The molecule has 1 nitrogen and oxygen atoms in total. The lowest BCUT2D eigenvalue weighted by Gasteiger charge is -2.19. The Morgan fingerprint density at radius 3 is 2.17 bits per heavy atom. The van der Waals surface area contributed by atoms with Gasteiger partial charge >= 0.3 is 0 Å². The molecule has 2 aromatic rings. The van der Waals surface area contributed by atoms with E-state index >= 15 is 0 Å². The van der Waals surface area contributed by atoms with Crippen LogP contribution in [0, 0.1) is 0 Å². The van der Waals surface area contributed by atoms with Gasteiger partial charge in [0.25, 0.3) is 0 Å². The molecule has 0 fully saturated rings. The summed E-state index contributed by atoms with van der Waals surface area (Å²) >= 11 is 3.19. The number of rotatable bonds is 6. The molecule has 3 heteroatoms. The van der Waals surface area contributed by atoms with Crippen molar-refractivity contribution in [2.45, 2.75) is 43.9 Å². The number of carbonyl (C=O) groups is 1. The highest BCUT2D eigenvalue weighted by molar-refractivity contribution is 8.13. The van der Waals surface area contributed by atoms with E-state index in [9.17, 15) is 4.79 Å². The summed E-state index contributed by atoms with van der Waals surface area (Å²) in [6.07, 6.45) is 0. The molecule has 0 bridgehead atoms. The van der Waals surface area contributed by atoms with Gasteiger partial charge in [0.05, 0.1) is 5.92 Å². The van der Waals surface area contributed by atoms with E-state index in [-0.39, 0.29) is 16.4 Å². The van der Waals surface area contributed by atoms with Crippen LogP contribution in [0.15, 0.2) is 59.5 Å². The number of carbonyl (C=O) groups excluding carboxylic acids is 1. The predicted octanol–water partition coefficient (Wildman–Crippen LogP) is 6.14. The van der Waals surface area contributed by atoms with Crippen LogP contribution in [-0.4, -0.2) is 16.6 Å². The fourth-order valence-electron chi connectivity index (χ4n) is 2.46. The quantitative estimate of drug-likeness (QED) is 0.577. The lowest BCUT2D eigenvalue weighted by molar-refractivity contribution is -0.111. The van der Waals surface area contributed by atoms with Crippen LogP contribution in [0.4, 0.5) is 0 Å². The SMILES string of the molecule is CCSC(=O)[C@H](CSc1ccc(C(C)(C)C)cc1)c1ccccc1. The summed E-state index contributed by atoms with van der Waals surface area (Å²) in [5, 5.41) is 0.266. The molecule has 0 aromatic heterocycles. The first-order valence-electron chi connectivity index (χ1n) is 8.36. The molecule has 0 aliphatic rings. The molecular formula is C21H26OS2. The Morgan fingerprint density at radius 2 is 1.62 bits per heavy atom. The van der Waals surface area contributed by atoms with E-state index in [4.69, 9.17) is 0 Å². The monoisotopic (exact) mass is 358 g/mol. The maximum absolute atomic E-state index is 12.5. The summed E-state index contributed by atoms with van der Waals surface area (Å²) in [6, 6.07) is 18.9. The molecule has 0 saturated carbocycles. The van der Waals surface area contributed by atoms with Crippen LogP contribution in [0.3, 0.4) is 0 Å². The van der Waals surface area contributed by atoms with Crippen LogP contribution in [0.1, 0.15) is 44.7 Å². The highest BCUT2D eigenvalue weighted by Crippen LogP contribution is 2.31. The predicted molar refractivity (Wildman–Crippen MR) is 108 cm³/mol. The van der Waals surface area contributed by atoms with E-state index in [1.165, 1.54) is 22.2 Å². The van der Waals surface area contributed by atoms with Gasteiger partial charge in [-0.1, -0.05) is 81.9 Å². The second kappa shape index (κ2) is 8.77. The minimum atomic E-state index is -0.0524. The molecule has 128 valence electrons. The van der Waals surface area contributed by atoms with E-state index in [0.29, 0.717) is 0 Å². The highest BCUT2D eigenvalue weighted by atomic mass is 32.2. The minimum absolute atomic E-state index is 0.0524.